The monoisotopic (exact) mass is 248 g/mol. The molecule has 0 saturated carbocycles. The Morgan fingerprint density at radius 1 is 1.44 bits per heavy atom. The van der Waals surface area contributed by atoms with Crippen molar-refractivity contribution in [2.45, 2.75) is 12.5 Å². The molecule has 98 valence electrons. The molecule has 1 aliphatic heterocycles. The molecule has 0 aliphatic carbocycles. The van der Waals surface area contributed by atoms with Crippen LogP contribution in [0.2, 0.25) is 0 Å². The summed E-state index contributed by atoms with van der Waals surface area (Å²) in [4.78, 5) is 13.9. The van der Waals surface area contributed by atoms with Crippen molar-refractivity contribution in [3.05, 3.63) is 35.9 Å². The number of likely N-dealkylation sites (N-methyl/N-ethyl adjacent to an activating group) is 1. The van der Waals surface area contributed by atoms with Crippen LogP contribution < -0.4 is 5.32 Å². The lowest BCUT2D eigenvalue weighted by molar-refractivity contribution is -0.135. The molecular formula is C14H20N2O2. The Labute approximate surface area is 108 Å². The molecule has 0 aromatic heterocycles. The first-order valence-electron chi connectivity index (χ1n) is 6.37. The van der Waals surface area contributed by atoms with Gasteiger partial charge in [-0.05, 0) is 12.0 Å². The van der Waals surface area contributed by atoms with Gasteiger partial charge in [0, 0.05) is 20.1 Å². The van der Waals surface area contributed by atoms with Gasteiger partial charge >= 0.3 is 0 Å². The molecule has 1 N–H and O–H groups in total. The number of nitrogens with one attached hydrogen (secondary N) is 1. The van der Waals surface area contributed by atoms with Crippen LogP contribution in [0, 0.1) is 0 Å². The zero-order chi connectivity index (χ0) is 12.8. The van der Waals surface area contributed by atoms with Gasteiger partial charge in [-0.1, -0.05) is 30.3 Å². The largest absolute Gasteiger partial charge is 0.378 e. The lowest BCUT2D eigenvalue weighted by atomic mass is 10.1. The van der Waals surface area contributed by atoms with E-state index in [0.29, 0.717) is 13.2 Å². The van der Waals surface area contributed by atoms with E-state index in [2.05, 4.69) is 17.4 Å². The number of carbonyl (C=O) groups is 1. The molecule has 4 heteroatoms. The number of nitrogens with zero attached hydrogens (tertiary/aromatic N) is 1. The van der Waals surface area contributed by atoms with E-state index in [1.165, 1.54) is 5.56 Å². The summed E-state index contributed by atoms with van der Waals surface area (Å²) in [5.74, 6) is 0.116. The minimum absolute atomic E-state index is 0.116. The number of morpholine rings is 1. The van der Waals surface area contributed by atoms with Crippen molar-refractivity contribution in [3.63, 3.8) is 0 Å². The minimum Gasteiger partial charge on any atom is -0.378 e. The first kappa shape index (κ1) is 13.1. The van der Waals surface area contributed by atoms with E-state index < -0.39 is 0 Å². The Morgan fingerprint density at radius 3 is 2.89 bits per heavy atom. The van der Waals surface area contributed by atoms with Crippen LogP contribution in [0.25, 0.3) is 0 Å². The van der Waals surface area contributed by atoms with Gasteiger partial charge in [0.05, 0.1) is 13.2 Å². The van der Waals surface area contributed by atoms with Crippen molar-refractivity contribution in [3.8, 4) is 0 Å². The molecule has 1 aliphatic rings. The SMILES string of the molecule is CN(CCc1ccccc1)C(=O)C1COCCN1. The van der Waals surface area contributed by atoms with Crippen LogP contribution in [0.15, 0.2) is 30.3 Å². The molecule has 18 heavy (non-hydrogen) atoms. The number of benzene rings is 1. The number of amides is 1. The van der Waals surface area contributed by atoms with Crippen molar-refractivity contribution in [1.82, 2.24) is 10.2 Å². The zero-order valence-corrected chi connectivity index (χ0v) is 10.8. The highest BCUT2D eigenvalue weighted by atomic mass is 16.5. The van der Waals surface area contributed by atoms with Crippen LogP contribution in [0.5, 0.6) is 0 Å². The maximum Gasteiger partial charge on any atom is 0.241 e. The van der Waals surface area contributed by atoms with Crippen LogP contribution >= 0.6 is 0 Å². The van der Waals surface area contributed by atoms with Gasteiger partial charge in [-0.25, -0.2) is 0 Å². The summed E-state index contributed by atoms with van der Waals surface area (Å²) in [5.41, 5.74) is 1.25. The summed E-state index contributed by atoms with van der Waals surface area (Å²) in [6, 6.07) is 10.0. The Hall–Kier alpha value is -1.39. The highest BCUT2D eigenvalue weighted by Crippen LogP contribution is 2.03. The molecule has 0 radical (unpaired) electrons. The third-order valence-corrected chi connectivity index (χ3v) is 3.17. The van der Waals surface area contributed by atoms with Crippen molar-refractivity contribution in [2.75, 3.05) is 33.4 Å². The lowest BCUT2D eigenvalue weighted by Gasteiger charge is -2.27. The van der Waals surface area contributed by atoms with Crippen LogP contribution in [0.1, 0.15) is 5.56 Å². The smallest absolute Gasteiger partial charge is 0.241 e. The molecule has 1 unspecified atom stereocenters. The first-order chi connectivity index (χ1) is 8.77. The number of carbonyl (C=O) groups excluding carboxylic acids is 1. The van der Waals surface area contributed by atoms with Crippen LogP contribution in [-0.2, 0) is 16.0 Å². The molecule has 1 fully saturated rings. The highest BCUT2D eigenvalue weighted by Gasteiger charge is 2.23. The Balaban J connectivity index is 1.80. The average Bonchev–Trinajstić information content (AvgIpc) is 2.46. The van der Waals surface area contributed by atoms with Gasteiger partial charge in [0.25, 0.3) is 0 Å². The molecule has 1 amide bonds. The Morgan fingerprint density at radius 2 is 2.22 bits per heavy atom. The van der Waals surface area contributed by atoms with Crippen LogP contribution in [-0.4, -0.2) is 50.2 Å². The highest BCUT2D eigenvalue weighted by molar-refractivity contribution is 5.81. The molecule has 1 atom stereocenters. The molecule has 0 bridgehead atoms. The second-order valence-corrected chi connectivity index (χ2v) is 4.58. The second-order valence-electron chi connectivity index (χ2n) is 4.58. The number of ether oxygens (including phenoxy) is 1. The van der Waals surface area contributed by atoms with Gasteiger partial charge in [0.15, 0.2) is 0 Å². The fraction of sp³-hybridized carbons (Fsp3) is 0.500. The summed E-state index contributed by atoms with van der Waals surface area (Å²) < 4.78 is 5.31. The van der Waals surface area contributed by atoms with E-state index in [9.17, 15) is 4.79 Å². The Kier molecular flexibility index (Phi) is 4.73. The summed E-state index contributed by atoms with van der Waals surface area (Å²) in [6.07, 6.45) is 0.886. The molecule has 1 heterocycles. The predicted octanol–water partition coefficient (Wildman–Crippen LogP) is 0.676. The first-order valence-corrected chi connectivity index (χ1v) is 6.37. The van der Waals surface area contributed by atoms with E-state index in [4.69, 9.17) is 4.74 Å². The second kappa shape index (κ2) is 6.52. The summed E-state index contributed by atoms with van der Waals surface area (Å²) in [6.45, 7) is 2.66. The van der Waals surface area contributed by atoms with Crippen LogP contribution in [0.3, 0.4) is 0 Å². The van der Waals surface area contributed by atoms with Gasteiger partial charge in [-0.15, -0.1) is 0 Å². The zero-order valence-electron chi connectivity index (χ0n) is 10.8. The fourth-order valence-electron chi connectivity index (χ4n) is 2.04. The molecule has 0 spiro atoms. The summed E-state index contributed by atoms with van der Waals surface area (Å²) in [7, 11) is 1.85. The van der Waals surface area contributed by atoms with E-state index in [0.717, 1.165) is 19.5 Å². The summed E-state index contributed by atoms with van der Waals surface area (Å²) >= 11 is 0. The maximum absolute atomic E-state index is 12.1. The number of rotatable bonds is 4. The lowest BCUT2D eigenvalue weighted by Crippen LogP contribution is -2.51. The van der Waals surface area contributed by atoms with Gasteiger partial charge in [-0.3, -0.25) is 4.79 Å². The number of hydrogen-bond donors (Lipinski definition) is 1. The predicted molar refractivity (Wildman–Crippen MR) is 70.4 cm³/mol. The Bertz CT molecular complexity index is 375. The van der Waals surface area contributed by atoms with E-state index in [-0.39, 0.29) is 11.9 Å². The van der Waals surface area contributed by atoms with Gasteiger partial charge < -0.3 is 15.0 Å². The third kappa shape index (κ3) is 3.55. The standard InChI is InChI=1S/C14H20N2O2/c1-16(9-7-12-5-3-2-4-6-12)14(17)13-11-18-10-8-15-13/h2-6,13,15H,7-11H2,1H3. The van der Waals surface area contributed by atoms with Gasteiger partial charge in [0.2, 0.25) is 5.91 Å². The molecule has 1 aromatic carbocycles. The van der Waals surface area contributed by atoms with E-state index in [1.54, 1.807) is 4.90 Å². The quantitative estimate of drug-likeness (QED) is 0.852. The minimum atomic E-state index is -0.181. The third-order valence-electron chi connectivity index (χ3n) is 3.17. The van der Waals surface area contributed by atoms with E-state index in [1.807, 2.05) is 25.2 Å². The molecule has 1 aromatic rings. The average molecular weight is 248 g/mol. The van der Waals surface area contributed by atoms with Crippen molar-refractivity contribution < 1.29 is 9.53 Å². The van der Waals surface area contributed by atoms with Crippen molar-refractivity contribution in [1.29, 1.82) is 0 Å². The molecular weight excluding hydrogens is 228 g/mol. The van der Waals surface area contributed by atoms with Crippen molar-refractivity contribution >= 4 is 5.91 Å². The van der Waals surface area contributed by atoms with Crippen LogP contribution in [0.4, 0.5) is 0 Å². The number of hydrogen-bond acceptors (Lipinski definition) is 3. The topological polar surface area (TPSA) is 41.6 Å². The normalized spacial score (nSPS) is 19.5. The van der Waals surface area contributed by atoms with E-state index >= 15 is 0 Å². The molecule has 2 rings (SSSR count). The fourth-order valence-corrected chi connectivity index (χ4v) is 2.04. The van der Waals surface area contributed by atoms with Gasteiger partial charge in [0.1, 0.15) is 6.04 Å². The molecule has 1 saturated heterocycles. The molecule has 4 nitrogen and oxygen atoms in total. The van der Waals surface area contributed by atoms with Gasteiger partial charge in [-0.2, -0.15) is 0 Å². The maximum atomic E-state index is 12.1. The van der Waals surface area contributed by atoms with Crippen molar-refractivity contribution in [2.24, 2.45) is 0 Å². The summed E-state index contributed by atoms with van der Waals surface area (Å²) in [5, 5.41) is 3.18.